The van der Waals surface area contributed by atoms with Crippen LogP contribution in [0, 0.1) is 18.6 Å². The number of sulfonamides is 1. The maximum Gasteiger partial charge on any atom is 0.264 e. The molecule has 1 N–H and O–H groups in total. The number of benzene rings is 3. The Kier molecular flexibility index (Phi) is 5.93. The fourth-order valence-corrected chi connectivity index (χ4v) is 4.16. The Bertz CT molecular complexity index is 1140. The molecule has 1 amide bonds. The number of carbonyl (C=O) groups excluding carboxylic acids is 1. The second kappa shape index (κ2) is 8.40. The third kappa shape index (κ3) is 4.78. The highest BCUT2D eigenvalue weighted by atomic mass is 32.2. The number of rotatable bonds is 6. The zero-order valence-corrected chi connectivity index (χ0v) is 16.3. The van der Waals surface area contributed by atoms with Crippen molar-refractivity contribution in [3.63, 3.8) is 0 Å². The highest BCUT2D eigenvalue weighted by Gasteiger charge is 2.27. The smallest absolute Gasteiger partial charge is 0.264 e. The lowest BCUT2D eigenvalue weighted by molar-refractivity contribution is -0.114. The molecule has 0 aromatic heterocycles. The van der Waals surface area contributed by atoms with Crippen molar-refractivity contribution in [2.24, 2.45) is 0 Å². The van der Waals surface area contributed by atoms with Gasteiger partial charge in [0.1, 0.15) is 6.54 Å². The first-order valence-corrected chi connectivity index (χ1v) is 10.1. The van der Waals surface area contributed by atoms with E-state index in [1.165, 1.54) is 18.2 Å². The van der Waals surface area contributed by atoms with Gasteiger partial charge in [-0.15, -0.1) is 0 Å². The van der Waals surface area contributed by atoms with Crippen molar-refractivity contribution in [2.45, 2.75) is 11.8 Å². The molecule has 0 fully saturated rings. The van der Waals surface area contributed by atoms with E-state index in [0.717, 1.165) is 22.0 Å². The lowest BCUT2D eigenvalue weighted by Crippen LogP contribution is -2.38. The van der Waals surface area contributed by atoms with E-state index in [4.69, 9.17) is 0 Å². The van der Waals surface area contributed by atoms with Gasteiger partial charge >= 0.3 is 0 Å². The second-order valence-electron chi connectivity index (χ2n) is 6.34. The van der Waals surface area contributed by atoms with E-state index >= 15 is 0 Å². The van der Waals surface area contributed by atoms with Gasteiger partial charge in [-0.1, -0.05) is 30.3 Å². The molecule has 8 heteroatoms. The van der Waals surface area contributed by atoms with E-state index in [2.05, 4.69) is 5.32 Å². The Hall–Kier alpha value is -3.26. The third-order valence-electron chi connectivity index (χ3n) is 4.11. The first-order valence-electron chi connectivity index (χ1n) is 8.67. The Morgan fingerprint density at radius 3 is 2.31 bits per heavy atom. The summed E-state index contributed by atoms with van der Waals surface area (Å²) in [7, 11) is -4.03. The number of hydrogen-bond acceptors (Lipinski definition) is 3. The Balaban J connectivity index is 1.93. The molecular formula is C21H18F2N2O3S. The Labute approximate surface area is 167 Å². The molecule has 29 heavy (non-hydrogen) atoms. The molecule has 3 aromatic rings. The normalized spacial score (nSPS) is 11.1. The van der Waals surface area contributed by atoms with Gasteiger partial charge in [0.15, 0.2) is 11.6 Å². The monoisotopic (exact) mass is 416 g/mol. The zero-order chi connectivity index (χ0) is 21.0. The van der Waals surface area contributed by atoms with Gasteiger partial charge in [-0.2, -0.15) is 0 Å². The van der Waals surface area contributed by atoms with Gasteiger partial charge in [0.05, 0.1) is 10.6 Å². The highest BCUT2D eigenvalue weighted by molar-refractivity contribution is 7.92. The van der Waals surface area contributed by atoms with Gasteiger partial charge in [-0.25, -0.2) is 17.2 Å². The van der Waals surface area contributed by atoms with Crippen LogP contribution >= 0.6 is 0 Å². The number of nitrogens with zero attached hydrogens (tertiary/aromatic N) is 1. The summed E-state index contributed by atoms with van der Waals surface area (Å²) in [6.07, 6.45) is 0. The second-order valence-corrected chi connectivity index (χ2v) is 8.20. The number of anilines is 2. The SMILES string of the molecule is Cc1cccc(N(CC(=O)Nc2ccc(F)c(F)c2)S(=O)(=O)c2ccccc2)c1. The lowest BCUT2D eigenvalue weighted by Gasteiger charge is -2.24. The van der Waals surface area contributed by atoms with Crippen molar-refractivity contribution >= 4 is 27.3 Å². The number of aryl methyl sites for hydroxylation is 1. The van der Waals surface area contributed by atoms with E-state index in [1.54, 1.807) is 49.4 Å². The van der Waals surface area contributed by atoms with E-state index in [1.807, 2.05) is 0 Å². The minimum absolute atomic E-state index is 0.0233. The summed E-state index contributed by atoms with van der Waals surface area (Å²) in [5.74, 6) is -2.86. The first kappa shape index (κ1) is 20.5. The van der Waals surface area contributed by atoms with Crippen molar-refractivity contribution in [1.29, 1.82) is 0 Å². The molecular weight excluding hydrogens is 398 g/mol. The molecule has 5 nitrogen and oxygen atoms in total. The molecule has 0 atom stereocenters. The van der Waals surface area contributed by atoms with Gasteiger partial charge in [0.2, 0.25) is 5.91 Å². The van der Waals surface area contributed by atoms with Crippen molar-refractivity contribution < 1.29 is 22.0 Å². The number of carbonyl (C=O) groups is 1. The van der Waals surface area contributed by atoms with Crippen LogP contribution in [0.2, 0.25) is 0 Å². The summed E-state index contributed by atoms with van der Waals surface area (Å²) >= 11 is 0. The van der Waals surface area contributed by atoms with Crippen LogP contribution in [-0.2, 0) is 14.8 Å². The average molecular weight is 416 g/mol. The Morgan fingerprint density at radius 1 is 0.931 bits per heavy atom. The third-order valence-corrected chi connectivity index (χ3v) is 5.90. The fraction of sp³-hybridized carbons (Fsp3) is 0.0952. The van der Waals surface area contributed by atoms with Crippen molar-refractivity contribution in [1.82, 2.24) is 0 Å². The quantitative estimate of drug-likeness (QED) is 0.658. The van der Waals surface area contributed by atoms with Gasteiger partial charge < -0.3 is 5.32 Å². The van der Waals surface area contributed by atoms with Crippen LogP contribution in [0.15, 0.2) is 77.7 Å². The van der Waals surface area contributed by atoms with Gasteiger partial charge in [-0.05, 0) is 48.9 Å². The molecule has 150 valence electrons. The molecule has 0 heterocycles. The lowest BCUT2D eigenvalue weighted by atomic mass is 10.2. The topological polar surface area (TPSA) is 66.5 Å². The molecule has 0 aliphatic heterocycles. The summed E-state index contributed by atoms with van der Waals surface area (Å²) in [5.41, 5.74) is 1.15. The zero-order valence-electron chi connectivity index (χ0n) is 15.5. The molecule has 0 bridgehead atoms. The van der Waals surface area contributed by atoms with Crippen molar-refractivity contribution in [3.05, 3.63) is 90.0 Å². The molecule has 0 aliphatic rings. The number of halogens is 2. The fourth-order valence-electron chi connectivity index (χ4n) is 2.72. The predicted molar refractivity (Wildman–Crippen MR) is 107 cm³/mol. The summed E-state index contributed by atoms with van der Waals surface area (Å²) in [4.78, 5) is 12.6. The van der Waals surface area contributed by atoms with E-state index < -0.39 is 34.1 Å². The average Bonchev–Trinajstić information content (AvgIpc) is 2.69. The van der Waals surface area contributed by atoms with Gasteiger partial charge in [-0.3, -0.25) is 9.10 Å². The minimum atomic E-state index is -4.03. The van der Waals surface area contributed by atoms with Crippen LogP contribution in [0.3, 0.4) is 0 Å². The maximum atomic E-state index is 13.4. The number of amides is 1. The van der Waals surface area contributed by atoms with E-state index in [0.29, 0.717) is 5.69 Å². The Morgan fingerprint density at radius 2 is 1.66 bits per heavy atom. The molecule has 0 saturated carbocycles. The van der Waals surface area contributed by atoms with Crippen molar-refractivity contribution in [3.8, 4) is 0 Å². The van der Waals surface area contributed by atoms with E-state index in [9.17, 15) is 22.0 Å². The molecule has 0 unspecified atom stereocenters. The summed E-state index contributed by atoms with van der Waals surface area (Å²) in [6.45, 7) is 1.26. The van der Waals surface area contributed by atoms with Crippen LogP contribution in [0.1, 0.15) is 5.56 Å². The summed E-state index contributed by atoms with van der Waals surface area (Å²) in [5, 5.41) is 2.40. The van der Waals surface area contributed by atoms with E-state index in [-0.39, 0.29) is 10.6 Å². The highest BCUT2D eigenvalue weighted by Crippen LogP contribution is 2.24. The van der Waals surface area contributed by atoms with Crippen molar-refractivity contribution in [2.75, 3.05) is 16.2 Å². The van der Waals surface area contributed by atoms with Crippen LogP contribution in [-0.4, -0.2) is 20.9 Å². The summed E-state index contributed by atoms with van der Waals surface area (Å²) < 4.78 is 53.8. The largest absolute Gasteiger partial charge is 0.324 e. The molecule has 0 saturated heterocycles. The first-order chi connectivity index (χ1) is 13.8. The van der Waals surface area contributed by atoms with Gasteiger partial charge in [0, 0.05) is 11.8 Å². The summed E-state index contributed by atoms with van der Waals surface area (Å²) in [6, 6.07) is 17.3. The molecule has 0 radical (unpaired) electrons. The standard InChI is InChI=1S/C21H18F2N2O3S/c1-15-6-5-7-17(12-15)25(29(27,28)18-8-3-2-4-9-18)14-21(26)24-16-10-11-19(22)20(23)13-16/h2-13H,14H2,1H3,(H,24,26). The molecule has 0 aliphatic carbocycles. The molecule has 3 rings (SSSR count). The molecule has 0 spiro atoms. The number of nitrogens with one attached hydrogen (secondary N) is 1. The van der Waals surface area contributed by atoms with Crippen LogP contribution < -0.4 is 9.62 Å². The van der Waals surface area contributed by atoms with Crippen LogP contribution in [0.5, 0.6) is 0 Å². The van der Waals surface area contributed by atoms with Crippen LogP contribution in [0.25, 0.3) is 0 Å². The maximum absolute atomic E-state index is 13.4. The molecule has 3 aromatic carbocycles. The minimum Gasteiger partial charge on any atom is -0.324 e. The number of hydrogen-bond donors (Lipinski definition) is 1. The van der Waals surface area contributed by atoms with Crippen LogP contribution in [0.4, 0.5) is 20.2 Å². The predicted octanol–water partition coefficient (Wildman–Crippen LogP) is 4.11. The van der Waals surface area contributed by atoms with Gasteiger partial charge in [0.25, 0.3) is 10.0 Å².